The van der Waals surface area contributed by atoms with Gasteiger partial charge in [-0.2, -0.15) is 13.2 Å². The molecule has 0 aliphatic rings. The van der Waals surface area contributed by atoms with E-state index in [4.69, 9.17) is 5.73 Å². The van der Waals surface area contributed by atoms with Crippen LogP contribution in [0, 0.1) is 0 Å². The van der Waals surface area contributed by atoms with Gasteiger partial charge in [-0.1, -0.05) is 30.3 Å². The van der Waals surface area contributed by atoms with Crippen LogP contribution in [0.5, 0.6) is 0 Å². The summed E-state index contributed by atoms with van der Waals surface area (Å²) in [5.74, 6) is -1.17. The lowest BCUT2D eigenvalue weighted by atomic mass is 10.0. The second-order valence-electron chi connectivity index (χ2n) is 6.16. The zero-order chi connectivity index (χ0) is 21.0. The third-order valence-electron chi connectivity index (χ3n) is 4.16. The molecule has 0 saturated heterocycles. The highest BCUT2D eigenvalue weighted by molar-refractivity contribution is 6.11. The summed E-state index contributed by atoms with van der Waals surface area (Å²) >= 11 is 0. The van der Waals surface area contributed by atoms with Gasteiger partial charge in [0.2, 0.25) is 5.78 Å². The van der Waals surface area contributed by atoms with Crippen molar-refractivity contribution in [3.8, 4) is 0 Å². The number of rotatable bonds is 6. The fraction of sp³-hybridized carbons (Fsp3) is 0.150. The van der Waals surface area contributed by atoms with E-state index in [9.17, 15) is 23.1 Å². The van der Waals surface area contributed by atoms with Crippen molar-refractivity contribution < 1.29 is 28.8 Å². The largest absolute Gasteiger partial charge is 0.418 e. The average molecular weight is 410 g/mol. The van der Waals surface area contributed by atoms with Crippen molar-refractivity contribution in [2.45, 2.75) is 12.3 Å². The van der Waals surface area contributed by atoms with Gasteiger partial charge in [-0.05, 0) is 29.8 Å². The number of aliphatic hydroxyl groups is 1. The van der Waals surface area contributed by atoms with Gasteiger partial charge in [-0.3, -0.25) is 4.79 Å². The van der Waals surface area contributed by atoms with Gasteiger partial charge in [0.25, 0.3) is 0 Å². The summed E-state index contributed by atoms with van der Waals surface area (Å²) in [4.78, 5) is 20.3. The molecule has 9 heteroatoms. The lowest BCUT2D eigenvalue weighted by Gasteiger charge is -2.16. The number of halogens is 3. The van der Waals surface area contributed by atoms with Crippen molar-refractivity contribution in [1.29, 1.82) is 0 Å². The first kappa shape index (κ1) is 20.3. The summed E-state index contributed by atoms with van der Waals surface area (Å²) in [6.45, 7) is -0.00889. The number of benzene rings is 1. The Labute approximate surface area is 170 Å². The predicted octanol–water partition coefficient (Wildman–Crippen LogP) is 4.44. The number of ketones is 1. The first-order valence-corrected chi connectivity index (χ1v) is 8.57. The molecule has 3 aromatic rings. The molecule has 0 amide bonds. The van der Waals surface area contributed by atoms with E-state index in [1.165, 1.54) is 18.3 Å². The monoisotopic (exact) mass is 410 g/mol. The molecule has 3 rings (SSSR count). The van der Waals surface area contributed by atoms with Crippen LogP contribution in [-0.2, 0) is 6.18 Å². The Hall–Kier alpha value is -3.46. The minimum atomic E-state index is -4.78. The second-order valence-corrected chi connectivity index (χ2v) is 6.16. The van der Waals surface area contributed by atoms with E-state index in [0.29, 0.717) is 5.56 Å². The van der Waals surface area contributed by atoms with Crippen molar-refractivity contribution in [2.75, 3.05) is 17.6 Å². The summed E-state index contributed by atoms with van der Waals surface area (Å²) in [5, 5.41) is 13.0. The van der Waals surface area contributed by atoms with Crippen molar-refractivity contribution in [3.63, 3.8) is 0 Å². The Morgan fingerprint density at radius 1 is 1.14 bits per heavy atom. The number of hydrogen-bond donors (Lipinski definition) is 3. The summed E-state index contributed by atoms with van der Waals surface area (Å²) in [6.07, 6.45) is -4.36. The van der Waals surface area contributed by atoms with Crippen LogP contribution in [0.4, 0.5) is 24.8 Å². The fourth-order valence-electron chi connectivity index (χ4n) is 2.69. The number of pyridine rings is 2. The maximum absolute atomic E-state index is 13.4. The second kappa shape index (κ2) is 8.27. The van der Waals surface area contributed by atoms with Crippen molar-refractivity contribution >= 4 is 17.4 Å². The summed E-state index contributed by atoms with van der Waals surface area (Å²) in [7, 11) is 0. The molecule has 2 heterocycles. The number of aromatic nitrogens is 2. The average Bonchev–Trinajstić information content (AvgIpc) is 2.71. The highest BCUT2D eigenvalue weighted by atomic mass is 19.4. The number of nitrogen functional groups attached to an aromatic ring is 1. The van der Waals surface area contributed by atoms with E-state index in [2.05, 4.69) is 15.3 Å². The van der Waals surface area contributed by atoms with Crippen LogP contribution >= 0.6 is 0 Å². The van der Waals surface area contributed by atoms with Gasteiger partial charge in [0.15, 0.2) is 0 Å². The summed E-state index contributed by atoms with van der Waals surface area (Å²) in [5.41, 5.74) is 4.11. The van der Waals surface area contributed by atoms with Gasteiger partial charge in [0, 0.05) is 18.4 Å². The van der Waals surface area contributed by atoms with Crippen LogP contribution < -0.4 is 11.1 Å². The van der Waals surface area contributed by atoms with Crippen LogP contribution in [0.2, 0.25) is 0 Å². The van der Waals surface area contributed by atoms with E-state index in [1.54, 1.807) is 30.3 Å². The molecule has 2 aromatic heterocycles. The van der Waals surface area contributed by atoms with Gasteiger partial charge in [-0.25, -0.2) is 9.97 Å². The molecule has 0 radical (unpaired) electrons. The van der Waals surface area contributed by atoms with Crippen molar-refractivity contribution in [2.24, 2.45) is 0 Å². The normalized spacial score (nSPS) is 12.4. The molecule has 0 aliphatic heterocycles. The highest BCUT2D eigenvalue weighted by Gasteiger charge is 2.37. The number of hydrogen-bond acceptors (Lipinski definition) is 6. The third kappa shape index (κ3) is 4.69. The minimum absolute atomic E-state index is 0. The molecule has 0 aliphatic carbocycles. The van der Waals surface area contributed by atoms with Gasteiger partial charge in [-0.15, -0.1) is 0 Å². The van der Waals surface area contributed by atoms with E-state index in [0.717, 1.165) is 12.1 Å². The SMILES string of the molecule is Nc1ncccc1C(=O)c1nc(NC[C@@H](O)c2ccccc2)ccc1C(F)(F)F.[HH].[HH].[HH].[HH]. The van der Waals surface area contributed by atoms with E-state index < -0.39 is 29.3 Å². The zero-order valence-electron chi connectivity index (χ0n) is 15.0. The maximum Gasteiger partial charge on any atom is 0.418 e. The van der Waals surface area contributed by atoms with Crippen LogP contribution in [0.15, 0.2) is 60.8 Å². The van der Waals surface area contributed by atoms with Crippen LogP contribution in [0.25, 0.3) is 0 Å². The molecule has 6 nitrogen and oxygen atoms in total. The Bertz CT molecular complexity index is 1030. The van der Waals surface area contributed by atoms with Gasteiger partial charge in [0.1, 0.15) is 17.3 Å². The van der Waals surface area contributed by atoms with Crippen LogP contribution in [0.3, 0.4) is 0 Å². The smallest absolute Gasteiger partial charge is 0.387 e. The van der Waals surface area contributed by atoms with E-state index >= 15 is 0 Å². The Morgan fingerprint density at radius 3 is 2.52 bits per heavy atom. The Kier molecular flexibility index (Phi) is 5.79. The summed E-state index contributed by atoms with van der Waals surface area (Å²) in [6, 6.07) is 13.3. The molecule has 0 saturated carbocycles. The van der Waals surface area contributed by atoms with E-state index in [1.807, 2.05) is 0 Å². The summed E-state index contributed by atoms with van der Waals surface area (Å²) < 4.78 is 40.2. The number of anilines is 2. The highest BCUT2D eigenvalue weighted by Crippen LogP contribution is 2.33. The topological polar surface area (TPSA) is 101 Å². The standard InChI is InChI=1S/C20H17F3N4O2.4H2/c21-20(22,23)14-8-9-16(26-11-15(28)12-5-2-1-3-6-12)27-17(14)18(29)13-7-4-10-25-19(13)24;;;;/h1-10,15,28H,11H2,(H2,24,25)(H,26,27);4*1H/t15-;;;;/m1..../s1. The minimum Gasteiger partial charge on any atom is -0.387 e. The quantitative estimate of drug-likeness (QED) is 0.520. The first-order chi connectivity index (χ1) is 13.8. The lowest BCUT2D eigenvalue weighted by molar-refractivity contribution is -0.138. The predicted molar refractivity (Wildman–Crippen MR) is 110 cm³/mol. The van der Waals surface area contributed by atoms with Crippen LogP contribution in [0.1, 0.15) is 39.0 Å². The molecule has 0 spiro atoms. The fourth-order valence-corrected chi connectivity index (χ4v) is 2.69. The van der Waals surface area contributed by atoms with Crippen molar-refractivity contribution in [3.05, 3.63) is 83.2 Å². The van der Waals surface area contributed by atoms with E-state index in [-0.39, 0.29) is 29.5 Å². The number of aliphatic hydroxyl groups excluding tert-OH is 1. The molecule has 158 valence electrons. The number of carbonyl (C=O) groups excluding carboxylic acids is 1. The molecule has 29 heavy (non-hydrogen) atoms. The Morgan fingerprint density at radius 2 is 1.86 bits per heavy atom. The van der Waals surface area contributed by atoms with Gasteiger partial charge >= 0.3 is 6.18 Å². The molecule has 0 unspecified atom stereocenters. The lowest BCUT2D eigenvalue weighted by Crippen LogP contribution is -2.19. The molecule has 1 aromatic carbocycles. The van der Waals surface area contributed by atoms with Crippen molar-refractivity contribution in [1.82, 2.24) is 9.97 Å². The molecular weight excluding hydrogens is 385 g/mol. The molecule has 0 fully saturated rings. The molecular formula is C20H25F3N4O2. The molecule has 1 atom stereocenters. The molecule has 4 N–H and O–H groups in total. The van der Waals surface area contributed by atoms with Crippen LogP contribution in [-0.4, -0.2) is 27.4 Å². The zero-order valence-corrected chi connectivity index (χ0v) is 15.0. The number of nitrogens with one attached hydrogen (secondary N) is 1. The van der Waals surface area contributed by atoms with Gasteiger partial charge < -0.3 is 16.2 Å². The Balaban J connectivity index is 0. The maximum atomic E-state index is 13.4. The number of carbonyl (C=O) groups is 1. The number of nitrogens with zero attached hydrogens (tertiary/aromatic N) is 2. The van der Waals surface area contributed by atoms with Gasteiger partial charge in [0.05, 0.1) is 17.2 Å². The number of nitrogens with two attached hydrogens (primary N) is 1. The third-order valence-corrected chi connectivity index (χ3v) is 4.16. The first-order valence-electron chi connectivity index (χ1n) is 8.57. The number of alkyl halides is 3. The molecule has 0 bridgehead atoms.